The van der Waals surface area contributed by atoms with Crippen LogP contribution in [0.2, 0.25) is 0 Å². The summed E-state index contributed by atoms with van der Waals surface area (Å²) in [6, 6.07) is 7.15. The summed E-state index contributed by atoms with van der Waals surface area (Å²) in [6.07, 6.45) is -18.7. The lowest BCUT2D eigenvalue weighted by Gasteiger charge is -2.19. The zero-order valence-electron chi connectivity index (χ0n) is 39.5. The van der Waals surface area contributed by atoms with Crippen molar-refractivity contribution in [3.63, 3.8) is 0 Å². The molecule has 0 saturated carbocycles. The van der Waals surface area contributed by atoms with Crippen molar-refractivity contribution in [3.8, 4) is 0 Å². The SMILES string of the molecule is NC(N)=NCCC[C@H](N)C(=O)NCCC(=O)Nc1ccc2c(c1)C(=O)c1cc(NC(=O)CCNC(=O)[C@@H](N)CCCN=C(N)N)ccc1C2=O.O=C(O)C(F)(F)F.O=C(O)C(F)(F)F.O=C(O)C(F)(F)F.O=C(O)C(F)(F)F. The number of nitrogens with one attached hydrogen (secondary N) is 4. The molecule has 436 valence electrons. The van der Waals surface area contributed by atoms with E-state index in [0.717, 1.165) is 0 Å². The highest BCUT2D eigenvalue weighted by Gasteiger charge is 2.40. The molecule has 0 saturated heterocycles. The lowest BCUT2D eigenvalue weighted by Crippen LogP contribution is -2.41. The summed E-state index contributed by atoms with van der Waals surface area (Å²) >= 11 is 0. The fourth-order valence-corrected chi connectivity index (χ4v) is 4.91. The number of hydrogen-bond donors (Lipinski definition) is 14. The highest BCUT2D eigenvalue weighted by molar-refractivity contribution is 6.29. The molecule has 0 fully saturated rings. The molecule has 0 heterocycles. The van der Waals surface area contributed by atoms with Crippen LogP contribution in [0, 0.1) is 0 Å². The van der Waals surface area contributed by atoms with E-state index in [1.807, 2.05) is 0 Å². The van der Waals surface area contributed by atoms with Gasteiger partial charge in [0, 0.05) is 72.6 Å². The summed E-state index contributed by atoms with van der Waals surface area (Å²) in [5, 5.41) is 39.0. The van der Waals surface area contributed by atoms with Gasteiger partial charge in [-0.15, -0.1) is 0 Å². The third kappa shape index (κ3) is 29.9. The van der Waals surface area contributed by atoms with Gasteiger partial charge in [-0.3, -0.25) is 38.8 Å². The van der Waals surface area contributed by atoms with Gasteiger partial charge in [0.25, 0.3) is 0 Å². The number of guanidine groups is 2. The molecule has 0 aromatic heterocycles. The Labute approximate surface area is 429 Å². The lowest BCUT2D eigenvalue weighted by molar-refractivity contribution is -0.193. The molecule has 3 rings (SSSR count). The number of nitrogens with zero attached hydrogens (tertiary/aromatic N) is 2. The molecule has 0 unspecified atom stereocenters. The van der Waals surface area contributed by atoms with Crippen LogP contribution in [0.5, 0.6) is 0 Å². The molecule has 0 aliphatic heterocycles. The van der Waals surface area contributed by atoms with Crippen molar-refractivity contribution in [1.82, 2.24) is 10.6 Å². The first-order valence-electron chi connectivity index (χ1n) is 20.9. The molecule has 78 heavy (non-hydrogen) atoms. The number of carbonyl (C=O) groups is 10. The number of carboxylic acids is 4. The maximum absolute atomic E-state index is 13.5. The number of anilines is 2. The van der Waals surface area contributed by atoms with Crippen LogP contribution < -0.4 is 55.7 Å². The molecular weight excluding hydrogens is 1100 g/mol. The normalized spacial score (nSPS) is 12.2. The molecule has 20 N–H and O–H groups in total. The summed E-state index contributed by atoms with van der Waals surface area (Å²) in [6.45, 7) is 0.735. The minimum atomic E-state index is -5.08. The number of benzene rings is 2. The largest absolute Gasteiger partial charge is 0.490 e. The predicted molar refractivity (Wildman–Crippen MR) is 243 cm³/mol. The van der Waals surface area contributed by atoms with Crippen LogP contribution in [-0.4, -0.2) is 154 Å². The van der Waals surface area contributed by atoms with E-state index in [4.69, 9.17) is 74.0 Å². The van der Waals surface area contributed by atoms with Gasteiger partial charge in [0.1, 0.15) is 0 Å². The number of carbonyl (C=O) groups excluding carboxylic acids is 6. The highest BCUT2D eigenvalue weighted by atomic mass is 19.4. The fraction of sp³-hybridized carbons (Fsp3) is 0.400. The van der Waals surface area contributed by atoms with Crippen LogP contribution in [0.15, 0.2) is 46.4 Å². The Balaban J connectivity index is 0. The summed E-state index contributed by atoms with van der Waals surface area (Å²) < 4.78 is 127. The number of amides is 4. The Hall–Kier alpha value is -8.84. The van der Waals surface area contributed by atoms with Crippen molar-refractivity contribution < 1.29 is 121 Å². The van der Waals surface area contributed by atoms with Crippen LogP contribution in [0.3, 0.4) is 0 Å². The molecule has 2 aromatic carbocycles. The van der Waals surface area contributed by atoms with Gasteiger partial charge in [-0.2, -0.15) is 52.7 Å². The second-order valence-electron chi connectivity index (χ2n) is 14.7. The van der Waals surface area contributed by atoms with Gasteiger partial charge in [0.05, 0.1) is 12.1 Å². The Kier molecular flexibility index (Phi) is 29.7. The first kappa shape index (κ1) is 71.2. The maximum Gasteiger partial charge on any atom is 0.490 e. The minimum absolute atomic E-state index is 0.0260. The van der Waals surface area contributed by atoms with Crippen LogP contribution in [0.25, 0.3) is 0 Å². The van der Waals surface area contributed by atoms with Crippen molar-refractivity contribution in [2.45, 2.75) is 75.3 Å². The molecule has 0 bridgehead atoms. The van der Waals surface area contributed by atoms with Gasteiger partial charge in [0.2, 0.25) is 23.6 Å². The summed E-state index contributed by atoms with van der Waals surface area (Å²) in [4.78, 5) is 119. The Morgan fingerprint density at radius 2 is 0.731 bits per heavy atom. The number of rotatable bonds is 18. The van der Waals surface area contributed by atoms with Gasteiger partial charge >= 0.3 is 48.6 Å². The lowest BCUT2D eigenvalue weighted by atomic mass is 9.83. The first-order valence-corrected chi connectivity index (χ1v) is 20.9. The van der Waals surface area contributed by atoms with Crippen molar-refractivity contribution in [1.29, 1.82) is 0 Å². The smallest absolute Gasteiger partial charge is 0.475 e. The van der Waals surface area contributed by atoms with E-state index in [1.165, 1.54) is 36.4 Å². The average Bonchev–Trinajstić information content (AvgIpc) is 3.30. The zero-order valence-corrected chi connectivity index (χ0v) is 39.5. The molecule has 0 radical (unpaired) electrons. The highest BCUT2D eigenvalue weighted by Crippen LogP contribution is 2.31. The number of ketones is 2. The van der Waals surface area contributed by atoms with E-state index in [1.54, 1.807) is 0 Å². The Bertz CT molecular complexity index is 2300. The van der Waals surface area contributed by atoms with Crippen molar-refractivity contribution in [3.05, 3.63) is 58.7 Å². The van der Waals surface area contributed by atoms with E-state index in [2.05, 4.69) is 31.3 Å². The van der Waals surface area contributed by atoms with Crippen LogP contribution in [0.1, 0.15) is 70.4 Å². The monoisotopic (exact) mass is 1150 g/mol. The Morgan fingerprint density at radius 1 is 0.474 bits per heavy atom. The predicted octanol–water partition coefficient (Wildman–Crippen LogP) is 0.647. The number of alkyl halides is 12. The molecule has 26 nitrogen and oxygen atoms in total. The van der Waals surface area contributed by atoms with Gasteiger partial charge in [-0.25, -0.2) is 19.2 Å². The van der Waals surface area contributed by atoms with E-state index in [9.17, 15) is 81.5 Å². The summed E-state index contributed by atoms with van der Waals surface area (Å²) in [5.41, 5.74) is 33.8. The summed E-state index contributed by atoms with van der Waals surface area (Å²) in [5.74, 6) is -13.7. The van der Waals surface area contributed by atoms with Gasteiger partial charge in [0.15, 0.2) is 23.5 Å². The van der Waals surface area contributed by atoms with E-state index < -0.39 is 90.1 Å². The van der Waals surface area contributed by atoms with E-state index in [-0.39, 0.29) is 77.3 Å². The fourth-order valence-electron chi connectivity index (χ4n) is 4.91. The van der Waals surface area contributed by atoms with Crippen molar-refractivity contribution in [2.24, 2.45) is 44.4 Å². The second-order valence-corrected chi connectivity index (χ2v) is 14.7. The molecule has 0 spiro atoms. The van der Waals surface area contributed by atoms with Crippen molar-refractivity contribution in [2.75, 3.05) is 36.8 Å². The third-order valence-electron chi connectivity index (χ3n) is 8.47. The van der Waals surface area contributed by atoms with Gasteiger partial charge in [-0.05, 0) is 62.1 Å². The van der Waals surface area contributed by atoms with E-state index in [0.29, 0.717) is 38.8 Å². The standard InChI is InChI=1S/C32H44N12O6.4C2HF3O2/c33-23(3-1-11-41-31(35)36)29(49)39-13-9-25(45)43-17-5-7-19-21(15-17)28(48)22-16-18(6-8-20(22)27(19)47)44-26(46)10-14-40-30(50)24(34)4-2-12-42-32(37)38;4*3-2(4,5)1(6)7/h5-8,15-16,23-24H,1-4,9-14,33-34H2,(H,39,49)(H,40,50)(H,43,45)(H,44,46)(H4,35,36,41)(H4,37,38,42);4*(H,6,7)/t23-,24-;;;;/m0..../s1. The number of hydrogen-bond acceptors (Lipinski definition) is 14. The minimum Gasteiger partial charge on any atom is -0.475 e. The molecule has 38 heteroatoms. The zero-order chi connectivity index (χ0) is 61.1. The Morgan fingerprint density at radius 3 is 0.974 bits per heavy atom. The molecule has 4 amide bonds. The van der Waals surface area contributed by atoms with Gasteiger partial charge < -0.3 is 76.1 Å². The van der Waals surface area contributed by atoms with Crippen molar-refractivity contribution >= 4 is 82.4 Å². The quantitative estimate of drug-likeness (QED) is 0.0360. The molecule has 1 aliphatic rings. The molecule has 2 aromatic rings. The second kappa shape index (κ2) is 32.6. The summed E-state index contributed by atoms with van der Waals surface area (Å²) in [7, 11) is 0. The van der Waals surface area contributed by atoms with Crippen LogP contribution in [-0.2, 0) is 38.4 Å². The average molecular weight is 1150 g/mol. The van der Waals surface area contributed by atoms with Gasteiger partial charge in [-0.1, -0.05) is 0 Å². The topological polar surface area (TPSA) is 481 Å². The number of nitrogens with two attached hydrogens (primary N) is 6. The number of aliphatic carboxylic acids is 4. The van der Waals surface area contributed by atoms with E-state index >= 15 is 0 Å². The number of fused-ring (bicyclic) bond motifs is 2. The number of aliphatic imine (C=N–C) groups is 2. The third-order valence-corrected chi connectivity index (χ3v) is 8.47. The number of halogens is 12. The molecular formula is C40H48F12N12O14. The first-order chi connectivity index (χ1) is 35.5. The maximum atomic E-state index is 13.5. The molecule has 1 aliphatic carbocycles. The number of carboxylic acid groups (broad SMARTS) is 4. The molecule has 2 atom stereocenters. The van der Waals surface area contributed by atoms with Crippen LogP contribution >= 0.6 is 0 Å². The van der Waals surface area contributed by atoms with Crippen LogP contribution in [0.4, 0.5) is 64.1 Å².